The van der Waals surface area contributed by atoms with Crippen molar-refractivity contribution in [3.8, 4) is 6.07 Å². The number of nitriles is 1. The van der Waals surface area contributed by atoms with Gasteiger partial charge in [-0.3, -0.25) is 5.32 Å². The summed E-state index contributed by atoms with van der Waals surface area (Å²) in [5.41, 5.74) is 1.03. The lowest BCUT2D eigenvalue weighted by Gasteiger charge is -2.31. The summed E-state index contributed by atoms with van der Waals surface area (Å²) in [5.74, 6) is 0.546. The monoisotopic (exact) mass is 285 g/mol. The van der Waals surface area contributed by atoms with Gasteiger partial charge in [-0.05, 0) is 5.56 Å². The maximum Gasteiger partial charge on any atom is 0.320 e. The molecular formula is C15H19N5O. The highest BCUT2D eigenvalue weighted by molar-refractivity contribution is 5.75. The van der Waals surface area contributed by atoms with Gasteiger partial charge in [0.1, 0.15) is 5.82 Å². The van der Waals surface area contributed by atoms with Gasteiger partial charge >= 0.3 is 6.03 Å². The molecule has 1 aliphatic rings. The molecule has 0 atom stereocenters. The molecule has 21 heavy (non-hydrogen) atoms. The molecule has 3 N–H and O–H groups in total. The summed E-state index contributed by atoms with van der Waals surface area (Å²) in [6.45, 7) is 3.68. The average molecular weight is 285 g/mol. The molecule has 0 radical (unpaired) electrons. The molecule has 1 aromatic rings. The van der Waals surface area contributed by atoms with Crippen LogP contribution in [0.25, 0.3) is 0 Å². The van der Waals surface area contributed by atoms with Crippen LogP contribution in [-0.4, -0.2) is 37.1 Å². The summed E-state index contributed by atoms with van der Waals surface area (Å²) in [4.78, 5) is 13.9. The number of allylic oxidation sites excluding steroid dienone is 1. The van der Waals surface area contributed by atoms with Crippen LogP contribution in [0.4, 0.5) is 4.79 Å². The van der Waals surface area contributed by atoms with E-state index in [1.165, 1.54) is 6.08 Å². The molecule has 110 valence electrons. The van der Waals surface area contributed by atoms with Gasteiger partial charge in [0.05, 0.1) is 12.1 Å². The van der Waals surface area contributed by atoms with Crippen LogP contribution in [0.5, 0.6) is 0 Å². The lowest BCUT2D eigenvalue weighted by Crippen LogP contribution is -2.48. The maximum atomic E-state index is 11.9. The summed E-state index contributed by atoms with van der Waals surface area (Å²) in [6.07, 6.45) is 1.37. The fourth-order valence-electron chi connectivity index (χ4n) is 2.11. The Hall–Kier alpha value is -2.52. The lowest BCUT2D eigenvalue weighted by molar-refractivity contribution is 0.232. The van der Waals surface area contributed by atoms with Crippen molar-refractivity contribution in [2.45, 2.75) is 6.54 Å². The van der Waals surface area contributed by atoms with E-state index in [4.69, 9.17) is 5.26 Å². The molecule has 0 unspecified atom stereocenters. The van der Waals surface area contributed by atoms with E-state index in [2.05, 4.69) is 16.0 Å². The van der Waals surface area contributed by atoms with Crippen molar-refractivity contribution in [3.63, 3.8) is 0 Å². The third-order valence-electron chi connectivity index (χ3n) is 3.20. The fourth-order valence-corrected chi connectivity index (χ4v) is 2.11. The van der Waals surface area contributed by atoms with Crippen LogP contribution in [-0.2, 0) is 6.54 Å². The van der Waals surface area contributed by atoms with Crippen molar-refractivity contribution in [3.05, 3.63) is 47.8 Å². The Morgan fingerprint density at radius 3 is 2.71 bits per heavy atom. The van der Waals surface area contributed by atoms with Gasteiger partial charge in [0.25, 0.3) is 0 Å². The number of carbonyl (C=O) groups excluding carboxylic acids is 1. The van der Waals surface area contributed by atoms with E-state index < -0.39 is 0 Å². The lowest BCUT2D eigenvalue weighted by atomic mass is 10.2. The van der Waals surface area contributed by atoms with Crippen molar-refractivity contribution in [1.29, 1.82) is 5.26 Å². The summed E-state index contributed by atoms with van der Waals surface area (Å²) in [6, 6.07) is 11.4. The molecule has 1 aliphatic heterocycles. The second-order valence-corrected chi connectivity index (χ2v) is 4.69. The summed E-state index contributed by atoms with van der Waals surface area (Å²) in [5, 5.41) is 17.6. The molecule has 6 heteroatoms. The standard InChI is InChI=1S/C15H19N5O/c16-7-6-14(20-10-8-17-9-11-20)19-15(21)18-12-13-4-2-1-3-5-13/h1-6,17H,8-12H2,(H2,18,19,21)/b14-6-. The third-order valence-corrected chi connectivity index (χ3v) is 3.20. The van der Waals surface area contributed by atoms with Gasteiger partial charge in [-0.2, -0.15) is 5.26 Å². The predicted octanol–water partition coefficient (Wildman–Crippen LogP) is 0.756. The average Bonchev–Trinajstić information content (AvgIpc) is 2.54. The van der Waals surface area contributed by atoms with Gasteiger partial charge < -0.3 is 15.5 Å². The zero-order chi connectivity index (χ0) is 14.9. The molecule has 0 saturated carbocycles. The quantitative estimate of drug-likeness (QED) is 0.713. The molecule has 0 aliphatic carbocycles. The van der Waals surface area contributed by atoms with Crippen molar-refractivity contribution in [2.24, 2.45) is 0 Å². The van der Waals surface area contributed by atoms with Gasteiger partial charge in [-0.1, -0.05) is 30.3 Å². The first kappa shape index (κ1) is 14.9. The van der Waals surface area contributed by atoms with Crippen LogP contribution >= 0.6 is 0 Å². The van der Waals surface area contributed by atoms with Gasteiger partial charge in [0, 0.05) is 32.7 Å². The largest absolute Gasteiger partial charge is 0.355 e. The van der Waals surface area contributed by atoms with E-state index >= 15 is 0 Å². The molecule has 1 heterocycles. The Morgan fingerprint density at radius 1 is 1.33 bits per heavy atom. The minimum atomic E-state index is -0.307. The Kier molecular flexibility index (Phi) is 5.61. The van der Waals surface area contributed by atoms with E-state index in [9.17, 15) is 4.79 Å². The van der Waals surface area contributed by atoms with Crippen LogP contribution in [0.15, 0.2) is 42.2 Å². The molecule has 2 rings (SSSR count). The van der Waals surface area contributed by atoms with Crippen LogP contribution < -0.4 is 16.0 Å². The van der Waals surface area contributed by atoms with Crippen molar-refractivity contribution in [2.75, 3.05) is 26.2 Å². The molecular weight excluding hydrogens is 266 g/mol. The number of piperazine rings is 1. The zero-order valence-electron chi connectivity index (χ0n) is 11.8. The van der Waals surface area contributed by atoms with Crippen molar-refractivity contribution < 1.29 is 4.79 Å². The zero-order valence-corrected chi connectivity index (χ0v) is 11.8. The van der Waals surface area contributed by atoms with Crippen molar-refractivity contribution in [1.82, 2.24) is 20.9 Å². The van der Waals surface area contributed by atoms with Gasteiger partial charge in [-0.15, -0.1) is 0 Å². The van der Waals surface area contributed by atoms with E-state index in [0.717, 1.165) is 31.7 Å². The van der Waals surface area contributed by atoms with Crippen LogP contribution in [0.1, 0.15) is 5.56 Å². The molecule has 1 saturated heterocycles. The molecule has 0 spiro atoms. The summed E-state index contributed by atoms with van der Waals surface area (Å²) < 4.78 is 0. The topological polar surface area (TPSA) is 80.2 Å². The molecule has 2 amide bonds. The highest BCUT2D eigenvalue weighted by Gasteiger charge is 2.15. The van der Waals surface area contributed by atoms with Gasteiger partial charge in [0.15, 0.2) is 0 Å². The Bertz CT molecular complexity index is 529. The number of nitrogens with zero attached hydrogens (tertiary/aromatic N) is 2. The number of carbonyl (C=O) groups is 1. The van der Waals surface area contributed by atoms with Gasteiger partial charge in [-0.25, -0.2) is 4.79 Å². The maximum absolute atomic E-state index is 11.9. The van der Waals surface area contributed by atoms with Gasteiger partial charge in [0.2, 0.25) is 0 Å². The number of amides is 2. The van der Waals surface area contributed by atoms with Crippen LogP contribution in [0.3, 0.4) is 0 Å². The number of urea groups is 1. The Balaban J connectivity index is 1.86. The summed E-state index contributed by atoms with van der Waals surface area (Å²) in [7, 11) is 0. The minimum Gasteiger partial charge on any atom is -0.355 e. The highest BCUT2D eigenvalue weighted by Crippen LogP contribution is 2.02. The third kappa shape index (κ3) is 4.82. The second-order valence-electron chi connectivity index (χ2n) is 4.69. The number of hydrogen-bond donors (Lipinski definition) is 3. The number of benzene rings is 1. The smallest absolute Gasteiger partial charge is 0.320 e. The Labute approximate surface area is 124 Å². The summed E-state index contributed by atoms with van der Waals surface area (Å²) >= 11 is 0. The number of rotatable bonds is 4. The molecule has 1 fully saturated rings. The van der Waals surface area contributed by atoms with Crippen LogP contribution in [0.2, 0.25) is 0 Å². The first-order chi connectivity index (χ1) is 10.3. The molecule has 0 bridgehead atoms. The number of hydrogen-bond acceptors (Lipinski definition) is 4. The van der Waals surface area contributed by atoms with E-state index in [1.54, 1.807) is 0 Å². The normalized spacial score (nSPS) is 15.2. The first-order valence-corrected chi connectivity index (χ1v) is 6.94. The molecule has 1 aromatic carbocycles. The number of nitrogens with one attached hydrogen (secondary N) is 3. The van der Waals surface area contributed by atoms with Crippen LogP contribution in [0, 0.1) is 11.3 Å². The minimum absolute atomic E-state index is 0.307. The second kappa shape index (κ2) is 7.92. The highest BCUT2D eigenvalue weighted by atomic mass is 16.2. The SMILES string of the molecule is N#C/C=C(/NC(=O)NCc1ccccc1)N1CCNCC1. The molecule has 6 nitrogen and oxygen atoms in total. The molecule has 0 aromatic heterocycles. The fraction of sp³-hybridized carbons (Fsp3) is 0.333. The van der Waals surface area contributed by atoms with Crippen molar-refractivity contribution >= 4 is 6.03 Å². The predicted molar refractivity (Wildman–Crippen MR) is 80.0 cm³/mol. The van der Waals surface area contributed by atoms with E-state index in [-0.39, 0.29) is 6.03 Å². The van der Waals surface area contributed by atoms with E-state index in [1.807, 2.05) is 41.3 Å². The van der Waals surface area contributed by atoms with E-state index in [0.29, 0.717) is 12.4 Å². The Morgan fingerprint density at radius 2 is 2.05 bits per heavy atom. The first-order valence-electron chi connectivity index (χ1n) is 6.94.